The third-order valence-electron chi connectivity index (χ3n) is 3.45. The lowest BCUT2D eigenvalue weighted by atomic mass is 9.97. The monoisotopic (exact) mass is 296 g/mol. The van der Waals surface area contributed by atoms with Crippen LogP contribution in [0.15, 0.2) is 60.7 Å². The standard InChI is InChI=1S/C14H10O2.C4H6O2/c15-14(16)13-11-7-3-1-5-9(11)10-6-2-4-8-12(10)13;1-3(2)4(5)6/h1-8,13H,(H,15,16);1H2,2H3,(H,5,6). The molecule has 3 rings (SSSR count). The highest BCUT2D eigenvalue weighted by Gasteiger charge is 2.32. The number of hydrogen-bond acceptors (Lipinski definition) is 2. The van der Waals surface area contributed by atoms with Gasteiger partial charge >= 0.3 is 11.9 Å². The second kappa shape index (κ2) is 6.26. The number of carboxylic acid groups (broad SMARTS) is 2. The Morgan fingerprint density at radius 1 is 0.909 bits per heavy atom. The highest BCUT2D eigenvalue weighted by atomic mass is 16.4. The van der Waals surface area contributed by atoms with Crippen LogP contribution in [0.5, 0.6) is 0 Å². The van der Waals surface area contributed by atoms with Gasteiger partial charge in [-0.1, -0.05) is 55.1 Å². The molecule has 0 radical (unpaired) electrons. The van der Waals surface area contributed by atoms with Crippen LogP contribution in [0.1, 0.15) is 24.0 Å². The Morgan fingerprint density at radius 2 is 1.27 bits per heavy atom. The Hall–Kier alpha value is -2.88. The van der Waals surface area contributed by atoms with Gasteiger partial charge in [0, 0.05) is 5.57 Å². The predicted molar refractivity (Wildman–Crippen MR) is 83.8 cm³/mol. The second-order valence-corrected chi connectivity index (χ2v) is 5.03. The normalized spacial score (nSPS) is 11.7. The number of carboxylic acids is 2. The first-order valence-electron chi connectivity index (χ1n) is 6.73. The maximum absolute atomic E-state index is 11.3. The lowest BCUT2D eigenvalue weighted by Gasteiger charge is -2.06. The lowest BCUT2D eigenvalue weighted by molar-refractivity contribution is -0.137. The fraction of sp³-hybridized carbons (Fsp3) is 0.111. The van der Waals surface area contributed by atoms with Crippen LogP contribution in [0.3, 0.4) is 0 Å². The van der Waals surface area contributed by atoms with E-state index >= 15 is 0 Å². The van der Waals surface area contributed by atoms with Gasteiger partial charge in [-0.15, -0.1) is 0 Å². The van der Waals surface area contributed by atoms with E-state index in [-0.39, 0.29) is 5.57 Å². The van der Waals surface area contributed by atoms with Gasteiger partial charge in [-0.25, -0.2) is 4.79 Å². The zero-order valence-electron chi connectivity index (χ0n) is 12.1. The van der Waals surface area contributed by atoms with Crippen molar-refractivity contribution < 1.29 is 19.8 Å². The van der Waals surface area contributed by atoms with Crippen molar-refractivity contribution in [3.8, 4) is 11.1 Å². The number of carbonyl (C=O) groups is 2. The molecule has 1 aliphatic carbocycles. The maximum atomic E-state index is 11.3. The summed E-state index contributed by atoms with van der Waals surface area (Å²) in [6.07, 6.45) is 0. The maximum Gasteiger partial charge on any atom is 0.330 e. The van der Waals surface area contributed by atoms with Crippen LogP contribution in [0.4, 0.5) is 0 Å². The molecule has 2 aromatic rings. The van der Waals surface area contributed by atoms with E-state index < -0.39 is 17.9 Å². The van der Waals surface area contributed by atoms with Gasteiger partial charge < -0.3 is 10.2 Å². The minimum atomic E-state index is -0.935. The zero-order valence-corrected chi connectivity index (χ0v) is 12.1. The van der Waals surface area contributed by atoms with E-state index in [1.807, 2.05) is 48.5 Å². The van der Waals surface area contributed by atoms with Crippen LogP contribution in [-0.4, -0.2) is 22.2 Å². The fourth-order valence-electron chi connectivity index (χ4n) is 2.42. The van der Waals surface area contributed by atoms with Crippen molar-refractivity contribution in [3.05, 3.63) is 71.8 Å². The summed E-state index contributed by atoms with van der Waals surface area (Å²) in [7, 11) is 0. The van der Waals surface area contributed by atoms with Gasteiger partial charge in [-0.05, 0) is 29.2 Å². The summed E-state index contributed by atoms with van der Waals surface area (Å²) in [4.78, 5) is 20.9. The molecule has 0 bridgehead atoms. The Morgan fingerprint density at radius 3 is 1.59 bits per heavy atom. The summed E-state index contributed by atoms with van der Waals surface area (Å²) >= 11 is 0. The number of benzene rings is 2. The Bertz CT molecular complexity index is 689. The summed E-state index contributed by atoms with van der Waals surface area (Å²) in [5.74, 6) is -2.22. The van der Waals surface area contributed by atoms with Crippen LogP contribution in [0, 0.1) is 0 Å². The topological polar surface area (TPSA) is 74.6 Å². The van der Waals surface area contributed by atoms with E-state index in [1.165, 1.54) is 6.92 Å². The molecule has 0 saturated heterocycles. The van der Waals surface area contributed by atoms with Gasteiger partial charge in [0.25, 0.3) is 0 Å². The van der Waals surface area contributed by atoms with E-state index in [1.54, 1.807) is 0 Å². The molecule has 2 N–H and O–H groups in total. The van der Waals surface area contributed by atoms with Crippen molar-refractivity contribution in [1.82, 2.24) is 0 Å². The molecule has 0 spiro atoms. The number of rotatable bonds is 2. The molecule has 112 valence electrons. The quantitative estimate of drug-likeness (QED) is 0.831. The molecule has 4 nitrogen and oxygen atoms in total. The van der Waals surface area contributed by atoms with E-state index in [4.69, 9.17) is 5.11 Å². The number of aliphatic carboxylic acids is 2. The molecule has 0 atom stereocenters. The van der Waals surface area contributed by atoms with Gasteiger partial charge in [0.15, 0.2) is 0 Å². The van der Waals surface area contributed by atoms with Crippen molar-refractivity contribution in [1.29, 1.82) is 0 Å². The van der Waals surface area contributed by atoms with Crippen molar-refractivity contribution >= 4 is 11.9 Å². The van der Waals surface area contributed by atoms with Crippen molar-refractivity contribution in [2.24, 2.45) is 0 Å². The van der Waals surface area contributed by atoms with Gasteiger partial charge in [0.2, 0.25) is 0 Å². The molecule has 1 aliphatic rings. The highest BCUT2D eigenvalue weighted by molar-refractivity contribution is 5.92. The van der Waals surface area contributed by atoms with Crippen molar-refractivity contribution in [3.63, 3.8) is 0 Å². The molecule has 0 saturated carbocycles. The number of hydrogen-bond donors (Lipinski definition) is 2. The average molecular weight is 296 g/mol. The first-order valence-corrected chi connectivity index (χ1v) is 6.73. The minimum Gasteiger partial charge on any atom is -0.481 e. The van der Waals surface area contributed by atoms with E-state index in [2.05, 4.69) is 6.58 Å². The van der Waals surface area contributed by atoms with Crippen LogP contribution >= 0.6 is 0 Å². The molecule has 4 heteroatoms. The summed E-state index contributed by atoms with van der Waals surface area (Å²) in [6, 6.07) is 15.4. The average Bonchev–Trinajstić information content (AvgIpc) is 2.82. The highest BCUT2D eigenvalue weighted by Crippen LogP contribution is 2.44. The second-order valence-electron chi connectivity index (χ2n) is 5.03. The van der Waals surface area contributed by atoms with E-state index in [0.29, 0.717) is 0 Å². The summed E-state index contributed by atoms with van der Waals surface area (Å²) in [5, 5.41) is 17.2. The zero-order chi connectivity index (χ0) is 16.3. The largest absolute Gasteiger partial charge is 0.481 e. The van der Waals surface area contributed by atoms with Gasteiger partial charge in [0.1, 0.15) is 5.92 Å². The molecule has 0 aromatic heterocycles. The van der Waals surface area contributed by atoms with Crippen LogP contribution in [0.25, 0.3) is 11.1 Å². The third-order valence-corrected chi connectivity index (χ3v) is 3.45. The smallest absolute Gasteiger partial charge is 0.330 e. The molecular weight excluding hydrogens is 280 g/mol. The Labute approximate surface area is 128 Å². The van der Waals surface area contributed by atoms with Gasteiger partial charge in [-0.3, -0.25) is 4.79 Å². The molecule has 0 aliphatic heterocycles. The molecule has 0 amide bonds. The Balaban J connectivity index is 0.000000254. The van der Waals surface area contributed by atoms with E-state index in [9.17, 15) is 14.7 Å². The van der Waals surface area contributed by atoms with Crippen LogP contribution in [0.2, 0.25) is 0 Å². The minimum absolute atomic E-state index is 0.176. The molecule has 22 heavy (non-hydrogen) atoms. The van der Waals surface area contributed by atoms with Crippen LogP contribution < -0.4 is 0 Å². The lowest BCUT2D eigenvalue weighted by Crippen LogP contribution is -2.09. The van der Waals surface area contributed by atoms with Crippen molar-refractivity contribution in [2.45, 2.75) is 12.8 Å². The SMILES string of the molecule is C=C(C)C(=O)O.O=C(O)C1c2ccccc2-c2ccccc21. The van der Waals surface area contributed by atoms with Crippen LogP contribution in [-0.2, 0) is 9.59 Å². The van der Waals surface area contributed by atoms with Crippen molar-refractivity contribution in [2.75, 3.05) is 0 Å². The van der Waals surface area contributed by atoms with Gasteiger partial charge in [0.05, 0.1) is 0 Å². The molecule has 0 unspecified atom stereocenters. The first-order chi connectivity index (χ1) is 10.4. The number of fused-ring (bicyclic) bond motifs is 3. The molecule has 0 heterocycles. The Kier molecular flexibility index (Phi) is 4.41. The first kappa shape index (κ1) is 15.5. The molecular formula is C18H16O4. The molecule has 0 fully saturated rings. The summed E-state index contributed by atoms with van der Waals surface area (Å²) < 4.78 is 0. The summed E-state index contributed by atoms with van der Waals surface area (Å²) in [6.45, 7) is 4.60. The summed E-state index contributed by atoms with van der Waals surface area (Å²) in [5.41, 5.74) is 4.07. The van der Waals surface area contributed by atoms with Gasteiger partial charge in [-0.2, -0.15) is 0 Å². The van der Waals surface area contributed by atoms with E-state index in [0.717, 1.165) is 22.3 Å². The predicted octanol–water partition coefficient (Wildman–Crippen LogP) is 3.53. The third kappa shape index (κ3) is 2.91. The molecule has 2 aromatic carbocycles. The fourth-order valence-corrected chi connectivity index (χ4v) is 2.42.